The van der Waals surface area contributed by atoms with E-state index >= 15 is 0 Å². The molecule has 4 nitrogen and oxygen atoms in total. The molecule has 1 atom stereocenters. The van der Waals surface area contributed by atoms with Gasteiger partial charge < -0.3 is 4.74 Å². The first kappa shape index (κ1) is 15.2. The summed E-state index contributed by atoms with van der Waals surface area (Å²) in [6.07, 6.45) is 0.508. The first-order valence-electron chi connectivity index (χ1n) is 4.82. The lowest BCUT2D eigenvalue weighted by molar-refractivity contribution is 0.173. The van der Waals surface area contributed by atoms with Crippen molar-refractivity contribution in [3.63, 3.8) is 0 Å². The highest BCUT2D eigenvalue weighted by Crippen LogP contribution is 2.25. The number of nitrogens with one attached hydrogen (secondary N) is 1. The van der Waals surface area contributed by atoms with Crippen LogP contribution in [-0.2, 0) is 14.8 Å². The molecular weight excluding hydrogens is 305 g/mol. The smallest absolute Gasteiger partial charge is 0.250 e. The van der Waals surface area contributed by atoms with E-state index in [4.69, 9.17) is 27.9 Å². The van der Waals surface area contributed by atoms with Gasteiger partial charge in [-0.15, -0.1) is 22.9 Å². The normalized spacial score (nSPS) is 13.8. The van der Waals surface area contributed by atoms with Gasteiger partial charge in [-0.05, 0) is 18.6 Å². The van der Waals surface area contributed by atoms with Crippen LogP contribution in [0.2, 0.25) is 4.34 Å². The van der Waals surface area contributed by atoms with Crippen LogP contribution in [0, 0.1) is 0 Å². The lowest BCUT2D eigenvalue weighted by Crippen LogP contribution is -2.38. The third kappa shape index (κ3) is 4.73. The largest absolute Gasteiger partial charge is 0.383 e. The Morgan fingerprint density at radius 2 is 2.24 bits per heavy atom. The SMILES string of the molecule is COCC(CCCl)NS(=O)(=O)c1ccc(Cl)s1. The first-order chi connectivity index (χ1) is 7.99. The number of ether oxygens (including phenoxy) is 1. The number of hydrogen-bond donors (Lipinski definition) is 1. The van der Waals surface area contributed by atoms with E-state index in [1.807, 2.05) is 0 Å². The van der Waals surface area contributed by atoms with Crippen molar-refractivity contribution in [3.05, 3.63) is 16.5 Å². The number of rotatable bonds is 7. The summed E-state index contributed by atoms with van der Waals surface area (Å²) in [4.78, 5) is 0. The van der Waals surface area contributed by atoms with Crippen molar-refractivity contribution >= 4 is 44.6 Å². The molecule has 1 heterocycles. The molecule has 0 saturated carbocycles. The summed E-state index contributed by atoms with van der Waals surface area (Å²) in [5.41, 5.74) is 0. The molecule has 8 heteroatoms. The van der Waals surface area contributed by atoms with E-state index < -0.39 is 10.0 Å². The van der Waals surface area contributed by atoms with Gasteiger partial charge in [0, 0.05) is 19.0 Å². The van der Waals surface area contributed by atoms with Gasteiger partial charge in [0.05, 0.1) is 10.9 Å². The molecule has 0 saturated heterocycles. The average Bonchev–Trinajstić information content (AvgIpc) is 2.66. The second-order valence-electron chi connectivity index (χ2n) is 3.31. The monoisotopic (exact) mass is 317 g/mol. The zero-order valence-electron chi connectivity index (χ0n) is 9.15. The van der Waals surface area contributed by atoms with E-state index in [-0.39, 0.29) is 16.9 Å². The zero-order valence-corrected chi connectivity index (χ0v) is 12.3. The topological polar surface area (TPSA) is 55.4 Å². The van der Waals surface area contributed by atoms with Crippen LogP contribution in [0.15, 0.2) is 16.3 Å². The minimum Gasteiger partial charge on any atom is -0.383 e. The molecule has 0 fully saturated rings. The summed E-state index contributed by atoms with van der Waals surface area (Å²) in [5.74, 6) is 0.363. The quantitative estimate of drug-likeness (QED) is 0.785. The molecule has 0 aliphatic heterocycles. The molecule has 0 aromatic carbocycles. The predicted octanol–water partition coefficient (Wildman–Crippen LogP) is 2.32. The Kier molecular flexibility index (Phi) is 6.19. The van der Waals surface area contributed by atoms with Crippen molar-refractivity contribution in [2.75, 3.05) is 19.6 Å². The summed E-state index contributed by atoms with van der Waals surface area (Å²) in [5, 5.41) is 0. The van der Waals surface area contributed by atoms with Crippen LogP contribution < -0.4 is 4.72 Å². The van der Waals surface area contributed by atoms with Gasteiger partial charge in [-0.1, -0.05) is 11.6 Å². The van der Waals surface area contributed by atoms with E-state index in [2.05, 4.69) is 4.72 Å². The number of sulfonamides is 1. The van der Waals surface area contributed by atoms with Crippen molar-refractivity contribution in [2.24, 2.45) is 0 Å². The van der Waals surface area contributed by atoms with Crippen LogP contribution >= 0.6 is 34.5 Å². The van der Waals surface area contributed by atoms with Crippen molar-refractivity contribution < 1.29 is 13.2 Å². The molecule has 0 aliphatic carbocycles. The van der Waals surface area contributed by atoms with Crippen LogP contribution in [0.25, 0.3) is 0 Å². The fraction of sp³-hybridized carbons (Fsp3) is 0.556. The molecule has 0 aliphatic rings. The van der Waals surface area contributed by atoms with Crippen molar-refractivity contribution in [1.82, 2.24) is 4.72 Å². The Balaban J connectivity index is 2.77. The van der Waals surface area contributed by atoms with Gasteiger partial charge in [-0.3, -0.25) is 0 Å². The molecule has 1 aromatic heterocycles. The second-order valence-corrected chi connectivity index (χ2v) is 7.34. The fourth-order valence-corrected chi connectivity index (χ4v) is 4.25. The summed E-state index contributed by atoms with van der Waals surface area (Å²) in [6, 6.07) is 2.69. The Morgan fingerprint density at radius 3 is 2.71 bits per heavy atom. The minimum absolute atomic E-state index is 0.193. The van der Waals surface area contributed by atoms with Crippen LogP contribution in [0.1, 0.15) is 6.42 Å². The fourth-order valence-electron chi connectivity index (χ4n) is 1.23. The summed E-state index contributed by atoms with van der Waals surface area (Å²) < 4.78 is 32.0. The minimum atomic E-state index is -3.54. The highest BCUT2D eigenvalue weighted by atomic mass is 35.5. The van der Waals surface area contributed by atoms with Crippen LogP contribution in [-0.4, -0.2) is 34.1 Å². The van der Waals surface area contributed by atoms with Gasteiger partial charge in [0.25, 0.3) is 0 Å². The molecule has 1 aromatic rings. The Morgan fingerprint density at radius 1 is 1.53 bits per heavy atom. The maximum atomic E-state index is 11.9. The van der Waals surface area contributed by atoms with Gasteiger partial charge in [-0.25, -0.2) is 13.1 Å². The summed E-state index contributed by atoms with van der Waals surface area (Å²) in [6.45, 7) is 0.283. The third-order valence-corrected chi connectivity index (χ3v) is 5.42. The maximum Gasteiger partial charge on any atom is 0.250 e. The molecule has 98 valence electrons. The first-order valence-corrected chi connectivity index (χ1v) is 8.03. The van der Waals surface area contributed by atoms with Crippen molar-refractivity contribution in [1.29, 1.82) is 0 Å². The molecule has 0 radical (unpaired) electrons. The lowest BCUT2D eigenvalue weighted by atomic mass is 10.3. The Bertz CT molecular complexity index is 441. The van der Waals surface area contributed by atoms with Gasteiger partial charge in [0.15, 0.2) is 0 Å². The zero-order chi connectivity index (χ0) is 12.9. The van der Waals surface area contributed by atoms with Crippen molar-refractivity contribution in [3.8, 4) is 0 Å². The van der Waals surface area contributed by atoms with E-state index in [0.29, 0.717) is 16.6 Å². The second kappa shape index (κ2) is 6.92. The highest BCUT2D eigenvalue weighted by Gasteiger charge is 2.21. The number of thiophene rings is 1. The van der Waals surface area contributed by atoms with E-state index in [0.717, 1.165) is 11.3 Å². The predicted molar refractivity (Wildman–Crippen MR) is 70.7 cm³/mol. The molecule has 1 rings (SSSR count). The number of alkyl halides is 1. The Hall–Kier alpha value is 0.150. The van der Waals surface area contributed by atoms with E-state index in [1.165, 1.54) is 13.2 Å². The molecule has 0 bridgehead atoms. The van der Waals surface area contributed by atoms with Gasteiger partial charge >= 0.3 is 0 Å². The Labute approximate surface area is 115 Å². The molecular formula is C9H13Cl2NO3S2. The van der Waals surface area contributed by atoms with Crippen molar-refractivity contribution in [2.45, 2.75) is 16.7 Å². The lowest BCUT2D eigenvalue weighted by Gasteiger charge is -2.15. The number of methoxy groups -OCH3 is 1. The summed E-state index contributed by atoms with van der Waals surface area (Å²) in [7, 11) is -2.03. The van der Waals surface area contributed by atoms with E-state index in [9.17, 15) is 8.42 Å². The molecule has 1 unspecified atom stereocenters. The maximum absolute atomic E-state index is 11.9. The third-order valence-electron chi connectivity index (χ3n) is 1.96. The molecule has 0 amide bonds. The standard InChI is InChI=1S/C9H13Cl2NO3S2/c1-15-6-7(4-5-10)12-17(13,14)9-3-2-8(11)16-9/h2-3,7,12H,4-6H2,1H3. The average molecular weight is 318 g/mol. The van der Waals surface area contributed by atoms with Gasteiger partial charge in [-0.2, -0.15) is 0 Å². The van der Waals surface area contributed by atoms with Crippen LogP contribution in [0.3, 0.4) is 0 Å². The van der Waals surface area contributed by atoms with Gasteiger partial charge in [0.1, 0.15) is 4.21 Å². The van der Waals surface area contributed by atoms with Crippen LogP contribution in [0.5, 0.6) is 0 Å². The summed E-state index contributed by atoms with van der Waals surface area (Å²) >= 11 is 12.3. The number of hydrogen-bond acceptors (Lipinski definition) is 4. The van der Waals surface area contributed by atoms with Crippen LogP contribution in [0.4, 0.5) is 0 Å². The highest BCUT2D eigenvalue weighted by molar-refractivity contribution is 7.91. The molecule has 0 spiro atoms. The van der Waals surface area contributed by atoms with E-state index in [1.54, 1.807) is 6.07 Å². The van der Waals surface area contributed by atoms with Gasteiger partial charge in [0.2, 0.25) is 10.0 Å². The number of halogens is 2. The molecule has 1 N–H and O–H groups in total. The molecule has 17 heavy (non-hydrogen) atoms.